The van der Waals surface area contributed by atoms with Crippen molar-refractivity contribution < 1.29 is 18.9 Å². The molecule has 1 aromatic carbocycles. The van der Waals surface area contributed by atoms with Gasteiger partial charge in [-0.3, -0.25) is 25.0 Å². The van der Waals surface area contributed by atoms with Crippen LogP contribution in [0.15, 0.2) is 47.1 Å². The maximum atomic E-state index is 11.8. The highest BCUT2D eigenvalue weighted by molar-refractivity contribution is 7.18. The minimum Gasteiger partial charge on any atom is -0.461 e. The van der Waals surface area contributed by atoms with E-state index in [1.807, 2.05) is 0 Å². The fourth-order valence-corrected chi connectivity index (χ4v) is 2.55. The van der Waals surface area contributed by atoms with Gasteiger partial charge in [-0.1, -0.05) is 23.5 Å². The lowest BCUT2D eigenvalue weighted by Gasteiger charge is -1.97. The molecule has 120 valence electrons. The number of non-ortho nitro benzene ring substituents is 1. The maximum absolute atomic E-state index is 11.8. The SMILES string of the molecule is O=C(Nc1nnc(-c2cccc([N+](=O)[O-])c2)s1)C(=O)c1ccco1. The van der Waals surface area contributed by atoms with E-state index in [4.69, 9.17) is 4.42 Å². The van der Waals surface area contributed by atoms with E-state index in [1.165, 1.54) is 36.6 Å². The van der Waals surface area contributed by atoms with Gasteiger partial charge in [-0.2, -0.15) is 0 Å². The van der Waals surface area contributed by atoms with Gasteiger partial charge < -0.3 is 4.42 Å². The van der Waals surface area contributed by atoms with E-state index in [2.05, 4.69) is 15.5 Å². The first kappa shape index (κ1) is 15.5. The summed E-state index contributed by atoms with van der Waals surface area (Å²) >= 11 is 0.990. The number of nitrogens with one attached hydrogen (secondary N) is 1. The van der Waals surface area contributed by atoms with Crippen molar-refractivity contribution in [1.29, 1.82) is 0 Å². The van der Waals surface area contributed by atoms with Gasteiger partial charge in [-0.25, -0.2) is 0 Å². The lowest BCUT2D eigenvalue weighted by atomic mass is 10.2. The quantitative estimate of drug-likeness (QED) is 0.326. The molecule has 3 aromatic rings. The van der Waals surface area contributed by atoms with E-state index >= 15 is 0 Å². The van der Waals surface area contributed by atoms with Gasteiger partial charge in [0.2, 0.25) is 5.13 Å². The minimum atomic E-state index is -0.910. The van der Waals surface area contributed by atoms with Crippen LogP contribution in [0.25, 0.3) is 10.6 Å². The van der Waals surface area contributed by atoms with Gasteiger partial charge in [0.15, 0.2) is 5.76 Å². The topological polar surface area (TPSA) is 128 Å². The van der Waals surface area contributed by atoms with Crippen LogP contribution in [0.5, 0.6) is 0 Å². The van der Waals surface area contributed by atoms with Crippen molar-refractivity contribution in [2.75, 3.05) is 5.32 Å². The van der Waals surface area contributed by atoms with Crippen molar-refractivity contribution in [3.05, 3.63) is 58.5 Å². The van der Waals surface area contributed by atoms with E-state index in [-0.39, 0.29) is 16.6 Å². The second-order valence-corrected chi connectivity index (χ2v) is 5.46. The number of carbonyl (C=O) groups excluding carboxylic acids is 2. The van der Waals surface area contributed by atoms with Crippen molar-refractivity contribution in [2.45, 2.75) is 0 Å². The summed E-state index contributed by atoms with van der Waals surface area (Å²) in [6.07, 6.45) is 1.28. The number of rotatable bonds is 5. The molecule has 10 heteroatoms. The van der Waals surface area contributed by atoms with Crippen LogP contribution in [0.4, 0.5) is 10.8 Å². The van der Waals surface area contributed by atoms with Crippen LogP contribution in [0, 0.1) is 10.1 Å². The number of amides is 1. The molecule has 0 aliphatic rings. The number of Topliss-reactive ketones (excluding diaryl/α,β-unsaturated/α-hetero) is 1. The van der Waals surface area contributed by atoms with Crippen molar-refractivity contribution >= 4 is 33.8 Å². The number of nitro groups is 1. The smallest absolute Gasteiger partial charge is 0.301 e. The average Bonchev–Trinajstić information content (AvgIpc) is 3.26. The summed E-state index contributed by atoms with van der Waals surface area (Å²) < 4.78 is 4.86. The molecule has 0 unspecified atom stereocenters. The largest absolute Gasteiger partial charge is 0.461 e. The molecule has 2 heterocycles. The number of anilines is 1. The number of benzene rings is 1. The van der Waals surface area contributed by atoms with Gasteiger partial charge in [-0.05, 0) is 12.1 Å². The summed E-state index contributed by atoms with van der Waals surface area (Å²) in [5, 5.41) is 21.2. The highest BCUT2D eigenvalue weighted by atomic mass is 32.1. The summed E-state index contributed by atoms with van der Waals surface area (Å²) in [4.78, 5) is 33.9. The number of furan rings is 1. The van der Waals surface area contributed by atoms with E-state index in [9.17, 15) is 19.7 Å². The summed E-state index contributed by atoms with van der Waals surface area (Å²) in [6, 6.07) is 8.72. The third-order valence-corrected chi connectivity index (χ3v) is 3.79. The minimum absolute atomic E-state index is 0.0821. The zero-order valence-corrected chi connectivity index (χ0v) is 12.6. The summed E-state index contributed by atoms with van der Waals surface area (Å²) in [7, 11) is 0. The molecular formula is C14H8N4O5S. The fourth-order valence-electron chi connectivity index (χ4n) is 1.82. The predicted molar refractivity (Wildman–Crippen MR) is 83.7 cm³/mol. The van der Waals surface area contributed by atoms with Crippen LogP contribution in [0.2, 0.25) is 0 Å². The van der Waals surface area contributed by atoms with Gasteiger partial charge >= 0.3 is 5.91 Å². The Bertz CT molecular complexity index is 919. The number of hydrogen-bond donors (Lipinski definition) is 1. The normalized spacial score (nSPS) is 10.3. The number of hydrogen-bond acceptors (Lipinski definition) is 8. The van der Waals surface area contributed by atoms with Gasteiger partial charge in [0.05, 0.1) is 11.2 Å². The van der Waals surface area contributed by atoms with Crippen LogP contribution >= 0.6 is 11.3 Å². The molecule has 0 saturated carbocycles. The monoisotopic (exact) mass is 344 g/mol. The fraction of sp³-hybridized carbons (Fsp3) is 0. The Balaban J connectivity index is 1.76. The summed E-state index contributed by atoms with van der Waals surface area (Å²) in [6.45, 7) is 0. The van der Waals surface area contributed by atoms with E-state index in [1.54, 1.807) is 6.07 Å². The molecule has 0 aliphatic heterocycles. The van der Waals surface area contributed by atoms with Crippen LogP contribution in [0.3, 0.4) is 0 Å². The van der Waals surface area contributed by atoms with Gasteiger partial charge in [0.1, 0.15) is 5.01 Å². The standard InChI is InChI=1S/C14H8N4O5S/c19-11(10-5-2-6-23-10)12(20)15-14-17-16-13(24-14)8-3-1-4-9(7-8)18(21)22/h1-7H,(H,15,17,20). The number of ketones is 1. The van der Waals surface area contributed by atoms with E-state index < -0.39 is 16.6 Å². The second kappa shape index (κ2) is 6.38. The Hall–Kier alpha value is -3.40. The Morgan fingerprint density at radius 3 is 2.75 bits per heavy atom. The third kappa shape index (κ3) is 3.17. The lowest BCUT2D eigenvalue weighted by Crippen LogP contribution is -2.22. The molecule has 1 amide bonds. The molecule has 0 radical (unpaired) electrons. The van der Waals surface area contributed by atoms with Crippen LogP contribution in [-0.4, -0.2) is 26.8 Å². The number of nitrogens with zero attached hydrogens (tertiary/aromatic N) is 3. The molecule has 0 spiro atoms. The lowest BCUT2D eigenvalue weighted by molar-refractivity contribution is -0.384. The van der Waals surface area contributed by atoms with Crippen LogP contribution in [-0.2, 0) is 4.79 Å². The molecule has 3 rings (SSSR count). The van der Waals surface area contributed by atoms with Gasteiger partial charge in [0.25, 0.3) is 11.5 Å². The first-order valence-electron chi connectivity index (χ1n) is 6.52. The van der Waals surface area contributed by atoms with Gasteiger partial charge in [0, 0.05) is 17.7 Å². The molecule has 0 aliphatic carbocycles. The average molecular weight is 344 g/mol. The Kier molecular flexibility index (Phi) is 4.12. The number of aromatic nitrogens is 2. The Morgan fingerprint density at radius 1 is 1.21 bits per heavy atom. The Morgan fingerprint density at radius 2 is 2.04 bits per heavy atom. The predicted octanol–water partition coefficient (Wildman–Crippen LogP) is 2.53. The highest BCUT2D eigenvalue weighted by Crippen LogP contribution is 2.28. The second-order valence-electron chi connectivity index (χ2n) is 4.48. The van der Waals surface area contributed by atoms with Gasteiger partial charge in [-0.15, -0.1) is 10.2 Å². The summed E-state index contributed by atoms with van der Waals surface area (Å²) in [5.41, 5.74) is 0.404. The molecule has 0 bridgehead atoms. The van der Waals surface area contributed by atoms with Crippen LogP contribution in [0.1, 0.15) is 10.6 Å². The van der Waals surface area contributed by atoms with Crippen LogP contribution < -0.4 is 5.32 Å². The molecule has 24 heavy (non-hydrogen) atoms. The van der Waals surface area contributed by atoms with Crippen molar-refractivity contribution in [1.82, 2.24) is 10.2 Å². The molecule has 1 N–H and O–H groups in total. The molecule has 0 atom stereocenters. The van der Waals surface area contributed by atoms with E-state index in [0.29, 0.717) is 10.6 Å². The Labute approximate surface area is 138 Å². The first-order chi connectivity index (χ1) is 11.5. The molecule has 2 aromatic heterocycles. The zero-order chi connectivity index (χ0) is 17.1. The number of nitro benzene ring substituents is 1. The maximum Gasteiger partial charge on any atom is 0.301 e. The molecule has 0 fully saturated rings. The molecular weight excluding hydrogens is 336 g/mol. The van der Waals surface area contributed by atoms with E-state index in [0.717, 1.165) is 11.3 Å². The highest BCUT2D eigenvalue weighted by Gasteiger charge is 2.21. The first-order valence-corrected chi connectivity index (χ1v) is 7.34. The third-order valence-electron chi connectivity index (χ3n) is 2.90. The zero-order valence-electron chi connectivity index (χ0n) is 11.8. The summed E-state index contributed by atoms with van der Waals surface area (Å²) in [5.74, 6) is -1.84. The van der Waals surface area contributed by atoms with Crippen molar-refractivity contribution in [3.8, 4) is 10.6 Å². The van der Waals surface area contributed by atoms with Crippen molar-refractivity contribution in [2.24, 2.45) is 0 Å². The van der Waals surface area contributed by atoms with Crippen molar-refractivity contribution in [3.63, 3.8) is 0 Å². The number of carbonyl (C=O) groups is 2. The molecule has 9 nitrogen and oxygen atoms in total. The molecule has 0 saturated heterocycles.